The average molecular weight is 264 g/mol. The van der Waals surface area contributed by atoms with Crippen LogP contribution in [0.3, 0.4) is 0 Å². The van der Waals surface area contributed by atoms with Gasteiger partial charge in [-0.15, -0.1) is 0 Å². The molecule has 0 bridgehead atoms. The van der Waals surface area contributed by atoms with Crippen molar-refractivity contribution in [2.45, 2.75) is 39.2 Å². The number of benzene rings is 1. The van der Waals surface area contributed by atoms with Crippen LogP contribution >= 0.6 is 0 Å². The summed E-state index contributed by atoms with van der Waals surface area (Å²) < 4.78 is 0. The molecule has 1 rings (SSSR count). The minimum atomic E-state index is -1.01. The van der Waals surface area contributed by atoms with Crippen molar-refractivity contribution in [1.29, 1.82) is 0 Å². The average Bonchev–Trinajstić information content (AvgIpc) is 2.37. The molecule has 0 aliphatic rings. The Labute approximate surface area is 112 Å². The van der Waals surface area contributed by atoms with Crippen molar-refractivity contribution in [3.63, 3.8) is 0 Å². The number of nitrogens with one attached hydrogen (secondary N) is 1. The Bertz CT molecular complexity index is 472. The van der Waals surface area contributed by atoms with Gasteiger partial charge in [-0.3, -0.25) is 4.79 Å². The van der Waals surface area contributed by atoms with E-state index in [0.717, 1.165) is 18.4 Å². The quantitative estimate of drug-likeness (QED) is 0.685. The number of aliphatic carboxylic acids is 1. The molecule has 5 heteroatoms. The molecule has 0 fully saturated rings. The zero-order chi connectivity index (χ0) is 14.4. The number of rotatable bonds is 6. The number of nitrogen functional groups attached to an aromatic ring is 1. The van der Waals surface area contributed by atoms with Gasteiger partial charge in [-0.1, -0.05) is 19.8 Å². The number of hydrogen-bond acceptors (Lipinski definition) is 3. The van der Waals surface area contributed by atoms with E-state index in [4.69, 9.17) is 10.8 Å². The van der Waals surface area contributed by atoms with Gasteiger partial charge in [0, 0.05) is 11.3 Å². The highest BCUT2D eigenvalue weighted by Crippen LogP contribution is 2.13. The van der Waals surface area contributed by atoms with Crippen LogP contribution in [0.15, 0.2) is 18.2 Å². The first-order valence-corrected chi connectivity index (χ1v) is 6.35. The number of nitrogens with two attached hydrogens (primary N) is 1. The van der Waals surface area contributed by atoms with Crippen LogP contribution in [0.2, 0.25) is 0 Å². The molecule has 0 heterocycles. The number of carbonyl (C=O) groups is 2. The molecule has 0 spiro atoms. The minimum absolute atomic E-state index is 0.383. The number of amides is 1. The first kappa shape index (κ1) is 15.0. The van der Waals surface area contributed by atoms with Crippen LogP contribution in [0, 0.1) is 6.92 Å². The van der Waals surface area contributed by atoms with Gasteiger partial charge in [-0.2, -0.15) is 0 Å². The van der Waals surface area contributed by atoms with Gasteiger partial charge in [-0.25, -0.2) is 4.79 Å². The number of aryl methyl sites for hydroxylation is 1. The number of hydrogen-bond donors (Lipinski definition) is 3. The SMILES string of the molecule is CCCC[C@H](NC(=O)c1ccc(N)c(C)c1)C(=O)O. The fraction of sp³-hybridized carbons (Fsp3) is 0.429. The summed E-state index contributed by atoms with van der Waals surface area (Å²) in [5, 5.41) is 11.6. The summed E-state index contributed by atoms with van der Waals surface area (Å²) in [7, 11) is 0. The lowest BCUT2D eigenvalue weighted by Crippen LogP contribution is -2.40. The van der Waals surface area contributed by atoms with E-state index >= 15 is 0 Å². The Morgan fingerprint density at radius 2 is 2.11 bits per heavy atom. The molecular formula is C14H20N2O3. The standard InChI is InChI=1S/C14H20N2O3/c1-3-4-5-12(14(18)19)16-13(17)10-6-7-11(15)9(2)8-10/h6-8,12H,3-5,15H2,1-2H3,(H,16,17)(H,18,19)/t12-/m0/s1. The fourth-order valence-electron chi connectivity index (χ4n) is 1.72. The Balaban J connectivity index is 2.75. The molecule has 0 aromatic heterocycles. The first-order chi connectivity index (χ1) is 8.95. The van der Waals surface area contributed by atoms with Crippen LogP contribution in [-0.2, 0) is 4.79 Å². The molecule has 1 atom stereocenters. The van der Waals surface area contributed by atoms with Gasteiger partial charge in [0.2, 0.25) is 0 Å². The Hall–Kier alpha value is -2.04. The van der Waals surface area contributed by atoms with Crippen molar-refractivity contribution in [3.8, 4) is 0 Å². The van der Waals surface area contributed by atoms with E-state index in [0.29, 0.717) is 17.7 Å². The van der Waals surface area contributed by atoms with E-state index < -0.39 is 12.0 Å². The van der Waals surface area contributed by atoms with Gasteiger partial charge in [0.25, 0.3) is 5.91 Å². The third kappa shape index (κ3) is 4.28. The highest BCUT2D eigenvalue weighted by molar-refractivity contribution is 5.97. The van der Waals surface area contributed by atoms with Crippen molar-refractivity contribution in [1.82, 2.24) is 5.32 Å². The van der Waals surface area contributed by atoms with Crippen LogP contribution in [0.25, 0.3) is 0 Å². The normalized spacial score (nSPS) is 11.9. The molecular weight excluding hydrogens is 244 g/mol. The van der Waals surface area contributed by atoms with Crippen LogP contribution in [0.1, 0.15) is 42.1 Å². The van der Waals surface area contributed by atoms with E-state index in [9.17, 15) is 9.59 Å². The summed E-state index contributed by atoms with van der Waals surface area (Å²) in [6, 6.07) is 4.05. The van der Waals surface area contributed by atoms with Crippen LogP contribution in [-0.4, -0.2) is 23.0 Å². The largest absolute Gasteiger partial charge is 0.480 e. The maximum Gasteiger partial charge on any atom is 0.326 e. The Morgan fingerprint density at radius 3 is 2.63 bits per heavy atom. The topological polar surface area (TPSA) is 92.4 Å². The van der Waals surface area contributed by atoms with Gasteiger partial charge < -0.3 is 16.2 Å². The molecule has 104 valence electrons. The summed E-state index contributed by atoms with van der Waals surface area (Å²) in [6.07, 6.45) is 2.09. The van der Waals surface area contributed by atoms with Gasteiger partial charge in [-0.05, 0) is 37.1 Å². The molecule has 1 aromatic carbocycles. The molecule has 0 saturated carbocycles. The second-order valence-electron chi connectivity index (χ2n) is 4.58. The maximum atomic E-state index is 12.0. The summed E-state index contributed by atoms with van der Waals surface area (Å²) in [4.78, 5) is 23.0. The molecule has 19 heavy (non-hydrogen) atoms. The molecule has 0 aliphatic carbocycles. The Kier molecular flexibility index (Phi) is 5.36. The van der Waals surface area contributed by atoms with Gasteiger partial charge >= 0.3 is 5.97 Å². The first-order valence-electron chi connectivity index (χ1n) is 6.35. The van der Waals surface area contributed by atoms with Crippen LogP contribution in [0.5, 0.6) is 0 Å². The highest BCUT2D eigenvalue weighted by atomic mass is 16.4. The lowest BCUT2D eigenvalue weighted by Gasteiger charge is -2.14. The van der Waals surface area contributed by atoms with Gasteiger partial charge in [0.15, 0.2) is 0 Å². The summed E-state index contributed by atoms with van der Waals surface area (Å²) in [6.45, 7) is 3.78. The number of carbonyl (C=O) groups excluding carboxylic acids is 1. The van der Waals surface area contributed by atoms with E-state index in [1.165, 1.54) is 0 Å². The number of carboxylic acids is 1. The Morgan fingerprint density at radius 1 is 1.42 bits per heavy atom. The van der Waals surface area contributed by atoms with Crippen molar-refractivity contribution in [2.75, 3.05) is 5.73 Å². The molecule has 0 saturated heterocycles. The molecule has 0 radical (unpaired) electrons. The predicted octanol–water partition coefficient (Wildman–Crippen LogP) is 1.95. The molecule has 4 N–H and O–H groups in total. The van der Waals surface area contributed by atoms with Crippen molar-refractivity contribution in [3.05, 3.63) is 29.3 Å². The van der Waals surface area contributed by atoms with Crippen molar-refractivity contribution in [2.24, 2.45) is 0 Å². The number of anilines is 1. The lowest BCUT2D eigenvalue weighted by molar-refractivity contribution is -0.139. The summed E-state index contributed by atoms with van der Waals surface area (Å²) in [5.41, 5.74) is 7.51. The van der Waals surface area contributed by atoms with E-state index in [1.807, 2.05) is 6.92 Å². The van der Waals surface area contributed by atoms with Crippen molar-refractivity contribution >= 4 is 17.6 Å². The van der Waals surface area contributed by atoms with Gasteiger partial charge in [0.05, 0.1) is 0 Å². The lowest BCUT2D eigenvalue weighted by atomic mass is 10.1. The van der Waals surface area contributed by atoms with Crippen LogP contribution in [0.4, 0.5) is 5.69 Å². The third-order valence-electron chi connectivity index (χ3n) is 2.98. The smallest absolute Gasteiger partial charge is 0.326 e. The molecule has 0 unspecified atom stereocenters. The number of carboxylic acid groups (broad SMARTS) is 1. The summed E-state index contributed by atoms with van der Waals surface area (Å²) >= 11 is 0. The third-order valence-corrected chi connectivity index (χ3v) is 2.98. The number of unbranched alkanes of at least 4 members (excludes halogenated alkanes) is 1. The van der Waals surface area contributed by atoms with Gasteiger partial charge in [0.1, 0.15) is 6.04 Å². The maximum absolute atomic E-state index is 12.0. The van der Waals surface area contributed by atoms with E-state index in [2.05, 4.69) is 5.32 Å². The summed E-state index contributed by atoms with van der Waals surface area (Å²) in [5.74, 6) is -1.39. The second-order valence-corrected chi connectivity index (χ2v) is 4.58. The predicted molar refractivity (Wildman–Crippen MR) is 74.0 cm³/mol. The minimum Gasteiger partial charge on any atom is -0.480 e. The van der Waals surface area contributed by atoms with Crippen molar-refractivity contribution < 1.29 is 14.7 Å². The molecule has 0 aliphatic heterocycles. The van der Waals surface area contributed by atoms with E-state index in [1.54, 1.807) is 25.1 Å². The second kappa shape index (κ2) is 6.78. The molecule has 1 amide bonds. The zero-order valence-corrected chi connectivity index (χ0v) is 11.3. The monoisotopic (exact) mass is 264 g/mol. The molecule has 5 nitrogen and oxygen atoms in total. The zero-order valence-electron chi connectivity index (χ0n) is 11.3. The van der Waals surface area contributed by atoms with E-state index in [-0.39, 0.29) is 5.91 Å². The van der Waals surface area contributed by atoms with Crippen LogP contribution < -0.4 is 11.1 Å². The molecule has 1 aromatic rings. The highest BCUT2D eigenvalue weighted by Gasteiger charge is 2.20. The fourth-order valence-corrected chi connectivity index (χ4v) is 1.72.